The van der Waals surface area contributed by atoms with Gasteiger partial charge in [0.2, 0.25) is 0 Å². The average molecular weight is 242 g/mol. The maximum atomic E-state index is 11.9. The van der Waals surface area contributed by atoms with Crippen molar-refractivity contribution >= 4 is 17.4 Å². The Labute approximate surface area is 103 Å². The molecule has 0 atom stereocenters. The van der Waals surface area contributed by atoms with Crippen molar-refractivity contribution in [3.8, 4) is 0 Å². The van der Waals surface area contributed by atoms with Gasteiger partial charge in [-0.05, 0) is 12.1 Å². The van der Waals surface area contributed by atoms with Crippen LogP contribution < -0.4 is 4.90 Å². The quantitative estimate of drug-likeness (QED) is 0.721. The van der Waals surface area contributed by atoms with Gasteiger partial charge in [0.15, 0.2) is 5.82 Å². The number of benzene rings is 1. The second-order valence-corrected chi connectivity index (χ2v) is 4.10. The molecule has 1 aromatic carbocycles. The number of carbonyl (C=O) groups excluding carboxylic acids is 2. The van der Waals surface area contributed by atoms with E-state index >= 15 is 0 Å². The highest BCUT2D eigenvalue weighted by molar-refractivity contribution is 6.52. The van der Waals surface area contributed by atoms with Crippen LogP contribution in [0.3, 0.4) is 0 Å². The minimum absolute atomic E-state index is 0.248. The molecule has 0 saturated heterocycles. The predicted molar refractivity (Wildman–Crippen MR) is 63.0 cm³/mol. The van der Waals surface area contributed by atoms with Crippen molar-refractivity contribution in [1.82, 2.24) is 14.8 Å². The van der Waals surface area contributed by atoms with E-state index in [1.54, 1.807) is 42.2 Å². The lowest BCUT2D eigenvalue weighted by Gasteiger charge is -2.15. The number of rotatable bonds is 2. The molecule has 2 heterocycles. The van der Waals surface area contributed by atoms with Gasteiger partial charge in [-0.2, -0.15) is 0 Å². The summed E-state index contributed by atoms with van der Waals surface area (Å²) in [6, 6.07) is 6.96. The monoisotopic (exact) mass is 242 g/mol. The van der Waals surface area contributed by atoms with Gasteiger partial charge in [0.25, 0.3) is 11.7 Å². The van der Waals surface area contributed by atoms with Crippen LogP contribution in [0.15, 0.2) is 30.6 Å². The van der Waals surface area contributed by atoms with Crippen LogP contribution in [0.1, 0.15) is 16.2 Å². The zero-order chi connectivity index (χ0) is 12.7. The van der Waals surface area contributed by atoms with E-state index in [1.165, 1.54) is 4.90 Å². The van der Waals surface area contributed by atoms with Gasteiger partial charge in [0.05, 0.1) is 17.8 Å². The molecule has 1 aliphatic heterocycles. The first-order valence-electron chi connectivity index (χ1n) is 5.46. The van der Waals surface area contributed by atoms with Crippen LogP contribution in [0.2, 0.25) is 0 Å². The van der Waals surface area contributed by atoms with E-state index in [1.807, 2.05) is 0 Å². The van der Waals surface area contributed by atoms with Crippen molar-refractivity contribution in [2.24, 2.45) is 7.05 Å². The third-order valence-electron chi connectivity index (χ3n) is 2.98. The molecule has 0 N–H and O–H groups in total. The molecule has 0 bridgehead atoms. The van der Waals surface area contributed by atoms with Crippen molar-refractivity contribution < 1.29 is 9.59 Å². The van der Waals surface area contributed by atoms with Gasteiger partial charge < -0.3 is 4.57 Å². The maximum Gasteiger partial charge on any atom is 0.299 e. The van der Waals surface area contributed by atoms with E-state index < -0.39 is 11.7 Å². The fraction of sp³-hybridized carbons (Fsp3) is 0.167. The minimum Gasteiger partial charge on any atom is -0.319 e. The van der Waals surface area contributed by atoms with Gasteiger partial charge in [-0.1, -0.05) is 12.1 Å². The normalized spacial score (nSPS) is 14.2. The SMILES string of the molecule is Cn1cnnc1CN1C(=O)C(=O)c2ccccc21. The third kappa shape index (κ3) is 1.42. The highest BCUT2D eigenvalue weighted by Crippen LogP contribution is 2.29. The van der Waals surface area contributed by atoms with Crippen molar-refractivity contribution in [1.29, 1.82) is 0 Å². The number of ketones is 1. The number of aromatic nitrogens is 3. The van der Waals surface area contributed by atoms with E-state index in [9.17, 15) is 9.59 Å². The molecule has 3 rings (SSSR count). The summed E-state index contributed by atoms with van der Waals surface area (Å²) in [6.07, 6.45) is 1.56. The fourth-order valence-electron chi connectivity index (χ4n) is 2.00. The lowest BCUT2D eigenvalue weighted by atomic mass is 10.1. The molecule has 2 aromatic rings. The molecule has 1 aliphatic rings. The topological polar surface area (TPSA) is 68.1 Å². The highest BCUT2D eigenvalue weighted by atomic mass is 16.2. The van der Waals surface area contributed by atoms with Crippen molar-refractivity contribution in [2.45, 2.75) is 6.54 Å². The average Bonchev–Trinajstić information content (AvgIpc) is 2.88. The molecule has 0 saturated carbocycles. The Morgan fingerprint density at radius 1 is 1.22 bits per heavy atom. The van der Waals surface area contributed by atoms with E-state index in [0.717, 1.165) is 0 Å². The second kappa shape index (κ2) is 3.76. The van der Waals surface area contributed by atoms with Gasteiger partial charge >= 0.3 is 0 Å². The van der Waals surface area contributed by atoms with Crippen LogP contribution in [-0.4, -0.2) is 26.5 Å². The molecule has 0 unspecified atom stereocenters. The lowest BCUT2D eigenvalue weighted by molar-refractivity contribution is -0.114. The van der Waals surface area contributed by atoms with Gasteiger partial charge in [0.1, 0.15) is 6.33 Å². The van der Waals surface area contributed by atoms with Crippen LogP contribution in [0.5, 0.6) is 0 Å². The molecule has 0 radical (unpaired) electrons. The summed E-state index contributed by atoms with van der Waals surface area (Å²) < 4.78 is 1.72. The number of hydrogen-bond acceptors (Lipinski definition) is 4. The Kier molecular flexibility index (Phi) is 2.22. The molecule has 18 heavy (non-hydrogen) atoms. The number of fused-ring (bicyclic) bond motifs is 1. The Morgan fingerprint density at radius 2 is 2.00 bits per heavy atom. The Bertz CT molecular complexity index is 647. The van der Waals surface area contributed by atoms with Gasteiger partial charge in [-0.3, -0.25) is 14.5 Å². The standard InChI is InChI=1S/C12H10N4O2/c1-15-7-13-14-10(15)6-16-9-5-3-2-4-8(9)11(17)12(16)18/h2-5,7H,6H2,1H3. The van der Waals surface area contributed by atoms with E-state index in [2.05, 4.69) is 10.2 Å². The summed E-state index contributed by atoms with van der Waals surface area (Å²) in [5.41, 5.74) is 1.08. The van der Waals surface area contributed by atoms with Crippen LogP contribution in [0.25, 0.3) is 0 Å². The summed E-state index contributed by atoms with van der Waals surface area (Å²) in [6.45, 7) is 0.248. The summed E-state index contributed by atoms with van der Waals surface area (Å²) in [4.78, 5) is 25.1. The zero-order valence-corrected chi connectivity index (χ0v) is 9.70. The molecule has 90 valence electrons. The van der Waals surface area contributed by atoms with E-state index in [-0.39, 0.29) is 6.54 Å². The molecule has 6 heteroatoms. The molecule has 1 amide bonds. The Balaban J connectivity index is 2.01. The molecule has 0 spiro atoms. The summed E-state index contributed by atoms with van der Waals surface area (Å²) in [5, 5.41) is 7.67. The van der Waals surface area contributed by atoms with Crippen molar-refractivity contribution in [3.63, 3.8) is 0 Å². The number of anilines is 1. The number of nitrogens with zero attached hydrogens (tertiary/aromatic N) is 4. The number of aryl methyl sites for hydroxylation is 1. The van der Waals surface area contributed by atoms with E-state index in [4.69, 9.17) is 0 Å². The van der Waals surface area contributed by atoms with Crippen LogP contribution in [-0.2, 0) is 18.4 Å². The Hall–Kier alpha value is -2.50. The number of carbonyl (C=O) groups is 2. The van der Waals surface area contributed by atoms with Crippen molar-refractivity contribution in [2.75, 3.05) is 4.90 Å². The van der Waals surface area contributed by atoms with Gasteiger partial charge in [-0.15, -0.1) is 10.2 Å². The summed E-state index contributed by atoms with van der Waals surface area (Å²) in [5.74, 6) is -0.347. The van der Waals surface area contributed by atoms with Crippen LogP contribution in [0.4, 0.5) is 5.69 Å². The predicted octanol–water partition coefficient (Wildman–Crippen LogP) is 0.545. The molecular weight excluding hydrogens is 232 g/mol. The second-order valence-electron chi connectivity index (χ2n) is 4.10. The first-order valence-corrected chi connectivity index (χ1v) is 5.46. The fourth-order valence-corrected chi connectivity index (χ4v) is 2.00. The zero-order valence-electron chi connectivity index (χ0n) is 9.70. The minimum atomic E-state index is -0.515. The van der Waals surface area contributed by atoms with E-state index in [0.29, 0.717) is 17.1 Å². The first kappa shape index (κ1) is 10.6. The molecular formula is C12H10N4O2. The number of Topliss-reactive ketones (excluding diaryl/α,β-unsaturated/α-hetero) is 1. The number of para-hydroxylation sites is 1. The number of hydrogen-bond donors (Lipinski definition) is 0. The van der Waals surface area contributed by atoms with Crippen LogP contribution >= 0.6 is 0 Å². The Morgan fingerprint density at radius 3 is 2.72 bits per heavy atom. The first-order chi connectivity index (χ1) is 8.68. The summed E-state index contributed by atoms with van der Waals surface area (Å²) in [7, 11) is 1.80. The third-order valence-corrected chi connectivity index (χ3v) is 2.98. The molecule has 0 aliphatic carbocycles. The van der Waals surface area contributed by atoms with Crippen molar-refractivity contribution in [3.05, 3.63) is 42.0 Å². The van der Waals surface area contributed by atoms with Crippen LogP contribution in [0, 0.1) is 0 Å². The lowest BCUT2D eigenvalue weighted by Crippen LogP contribution is -2.30. The molecule has 6 nitrogen and oxygen atoms in total. The largest absolute Gasteiger partial charge is 0.319 e. The number of amides is 1. The highest BCUT2D eigenvalue weighted by Gasteiger charge is 2.35. The van der Waals surface area contributed by atoms with Gasteiger partial charge in [-0.25, -0.2) is 0 Å². The smallest absolute Gasteiger partial charge is 0.299 e. The van der Waals surface area contributed by atoms with Gasteiger partial charge in [0, 0.05) is 7.05 Å². The summed E-state index contributed by atoms with van der Waals surface area (Å²) >= 11 is 0. The molecule has 0 fully saturated rings. The molecule has 1 aromatic heterocycles. The maximum absolute atomic E-state index is 11.9.